The van der Waals surface area contributed by atoms with Crippen LogP contribution in [0.3, 0.4) is 0 Å². The molecule has 0 fully saturated rings. The van der Waals surface area contributed by atoms with Crippen molar-refractivity contribution in [2.24, 2.45) is 0 Å². The first-order valence-electron chi connectivity index (χ1n) is 7.34. The summed E-state index contributed by atoms with van der Waals surface area (Å²) in [5.41, 5.74) is 2.98. The van der Waals surface area contributed by atoms with Gasteiger partial charge in [-0.1, -0.05) is 18.2 Å². The summed E-state index contributed by atoms with van der Waals surface area (Å²) in [6, 6.07) is 5.75. The average Bonchev–Trinajstić information content (AvgIpc) is 2.47. The van der Waals surface area contributed by atoms with Crippen LogP contribution in [0.2, 0.25) is 0 Å². The zero-order valence-electron chi connectivity index (χ0n) is 13.9. The Labute approximate surface area is 127 Å². The Bertz CT molecular complexity index is 517. The fourth-order valence-corrected chi connectivity index (χ4v) is 2.04. The molecule has 0 saturated heterocycles. The Balaban J connectivity index is 2.89. The van der Waals surface area contributed by atoms with Crippen molar-refractivity contribution >= 4 is 17.7 Å². The second-order valence-electron chi connectivity index (χ2n) is 5.20. The Morgan fingerprint density at radius 2 is 1.81 bits per heavy atom. The lowest BCUT2D eigenvalue weighted by molar-refractivity contribution is -0.500. The molecule has 0 aromatic heterocycles. The largest absolute Gasteiger partial charge is 0.384 e. The zero-order chi connectivity index (χ0) is 16.0. The highest BCUT2D eigenvalue weighted by molar-refractivity contribution is 6.01. The Hall–Kier alpha value is -2.04. The fraction of sp³-hybridized carbons (Fsp3) is 0.500. The average molecular weight is 291 g/mol. The number of carbonyl (C=O) groups excluding carboxylic acids is 1. The highest BCUT2D eigenvalue weighted by atomic mass is 16.2. The van der Waals surface area contributed by atoms with Gasteiger partial charge in [0.2, 0.25) is 0 Å². The molecule has 1 aromatic carbocycles. The van der Waals surface area contributed by atoms with Crippen LogP contribution in [0.1, 0.15) is 25.0 Å². The van der Waals surface area contributed by atoms with E-state index in [1.807, 2.05) is 55.6 Å². The molecule has 0 bridgehead atoms. The third-order valence-electron chi connectivity index (χ3n) is 3.62. The molecule has 2 amide bonds. The number of hydrogen-bond acceptors (Lipinski definition) is 1. The van der Waals surface area contributed by atoms with E-state index in [-0.39, 0.29) is 6.03 Å². The summed E-state index contributed by atoms with van der Waals surface area (Å²) in [5, 5.41) is 5.88. The standard InChI is InChI=1S/C16H26N4O/c1-7-19(5)16(20(6)8-2)18-15(21)17-14-12(3)10-9-11-13(14)4/h9-11H,7-8H2,1-6H3,(H,17,21)/p+1. The first kappa shape index (κ1) is 17.0. The molecule has 0 aliphatic heterocycles. The SMILES string of the molecule is CCN(C)C(NC(=O)Nc1c(C)cccc1C)=[N+](C)CC. The van der Waals surface area contributed by atoms with Crippen molar-refractivity contribution < 1.29 is 9.37 Å². The van der Waals surface area contributed by atoms with E-state index in [0.29, 0.717) is 0 Å². The molecule has 1 rings (SSSR count). The van der Waals surface area contributed by atoms with E-state index in [0.717, 1.165) is 35.9 Å². The van der Waals surface area contributed by atoms with Crippen molar-refractivity contribution in [3.8, 4) is 0 Å². The lowest BCUT2D eigenvalue weighted by Crippen LogP contribution is -2.48. The number of urea groups is 1. The summed E-state index contributed by atoms with van der Waals surface area (Å²) in [7, 11) is 3.92. The summed E-state index contributed by atoms with van der Waals surface area (Å²) in [5.74, 6) is 0.795. The number of para-hydroxylation sites is 1. The third kappa shape index (κ3) is 4.48. The number of nitrogens with one attached hydrogen (secondary N) is 2. The third-order valence-corrected chi connectivity index (χ3v) is 3.62. The molecular weight excluding hydrogens is 264 g/mol. The van der Waals surface area contributed by atoms with E-state index < -0.39 is 0 Å². The van der Waals surface area contributed by atoms with Gasteiger partial charge in [0.1, 0.15) is 0 Å². The predicted molar refractivity (Wildman–Crippen MR) is 88.1 cm³/mol. The second-order valence-corrected chi connectivity index (χ2v) is 5.20. The number of anilines is 1. The van der Waals surface area contributed by atoms with Crippen LogP contribution in [0.5, 0.6) is 0 Å². The van der Waals surface area contributed by atoms with E-state index in [9.17, 15) is 4.79 Å². The van der Waals surface area contributed by atoms with Crippen LogP contribution >= 0.6 is 0 Å². The molecule has 0 saturated carbocycles. The number of carbonyl (C=O) groups is 1. The normalized spacial score (nSPS) is 11.7. The Morgan fingerprint density at radius 3 is 2.29 bits per heavy atom. The minimum atomic E-state index is -0.219. The highest BCUT2D eigenvalue weighted by Crippen LogP contribution is 2.18. The molecule has 116 valence electrons. The summed E-state index contributed by atoms with van der Waals surface area (Å²) in [6.07, 6.45) is 0. The molecule has 0 unspecified atom stereocenters. The van der Waals surface area contributed by atoms with Crippen molar-refractivity contribution in [2.45, 2.75) is 27.7 Å². The van der Waals surface area contributed by atoms with Crippen LogP contribution in [0.25, 0.3) is 0 Å². The van der Waals surface area contributed by atoms with E-state index in [1.54, 1.807) is 0 Å². The number of nitrogens with zero attached hydrogens (tertiary/aromatic N) is 2. The molecule has 0 heterocycles. The number of rotatable bonds is 3. The maximum Gasteiger partial charge on any atom is 0.384 e. The molecule has 5 heteroatoms. The zero-order valence-corrected chi connectivity index (χ0v) is 13.9. The number of benzene rings is 1. The first-order valence-corrected chi connectivity index (χ1v) is 7.34. The minimum Gasteiger partial charge on any atom is -0.294 e. The lowest BCUT2D eigenvalue weighted by atomic mass is 10.1. The van der Waals surface area contributed by atoms with E-state index in [2.05, 4.69) is 24.5 Å². The molecule has 0 aliphatic rings. The quantitative estimate of drug-likeness (QED) is 0.510. The summed E-state index contributed by atoms with van der Waals surface area (Å²) in [6.45, 7) is 9.73. The number of aryl methyl sites for hydroxylation is 2. The van der Waals surface area contributed by atoms with Gasteiger partial charge in [0.25, 0.3) is 0 Å². The molecule has 0 aliphatic carbocycles. The van der Waals surface area contributed by atoms with Crippen molar-refractivity contribution in [1.29, 1.82) is 0 Å². The summed E-state index contributed by atoms with van der Waals surface area (Å²) < 4.78 is 2.01. The van der Waals surface area contributed by atoms with Crippen molar-refractivity contribution in [1.82, 2.24) is 10.2 Å². The molecule has 2 N–H and O–H groups in total. The van der Waals surface area contributed by atoms with Crippen molar-refractivity contribution in [3.63, 3.8) is 0 Å². The van der Waals surface area contributed by atoms with Gasteiger partial charge in [-0.25, -0.2) is 4.79 Å². The summed E-state index contributed by atoms with van der Waals surface area (Å²) >= 11 is 0. The van der Waals surface area contributed by atoms with Gasteiger partial charge in [-0.3, -0.25) is 14.8 Å². The Kier molecular flexibility index (Phi) is 6.21. The van der Waals surface area contributed by atoms with E-state index in [1.165, 1.54) is 0 Å². The predicted octanol–water partition coefficient (Wildman–Crippen LogP) is 2.39. The lowest BCUT2D eigenvalue weighted by Gasteiger charge is -2.17. The maximum atomic E-state index is 12.3. The van der Waals surface area contributed by atoms with Gasteiger partial charge < -0.3 is 0 Å². The van der Waals surface area contributed by atoms with Crippen LogP contribution in [0, 0.1) is 13.8 Å². The number of amides is 2. The van der Waals surface area contributed by atoms with E-state index >= 15 is 0 Å². The van der Waals surface area contributed by atoms with Crippen LogP contribution < -0.4 is 10.6 Å². The number of hydrogen-bond donors (Lipinski definition) is 2. The van der Waals surface area contributed by atoms with Gasteiger partial charge in [-0.05, 0) is 38.8 Å². The Morgan fingerprint density at radius 1 is 1.24 bits per heavy atom. The van der Waals surface area contributed by atoms with Crippen LogP contribution in [-0.4, -0.2) is 48.7 Å². The molecule has 0 spiro atoms. The van der Waals surface area contributed by atoms with E-state index in [4.69, 9.17) is 0 Å². The number of guanidine groups is 1. The minimum absolute atomic E-state index is 0.219. The van der Waals surface area contributed by atoms with Crippen LogP contribution in [-0.2, 0) is 0 Å². The van der Waals surface area contributed by atoms with Gasteiger partial charge in [0.05, 0.1) is 27.2 Å². The monoisotopic (exact) mass is 291 g/mol. The molecule has 1 aromatic rings. The van der Waals surface area contributed by atoms with Crippen LogP contribution in [0.4, 0.5) is 10.5 Å². The molecule has 5 nitrogen and oxygen atoms in total. The van der Waals surface area contributed by atoms with Gasteiger partial charge in [0.15, 0.2) is 0 Å². The highest BCUT2D eigenvalue weighted by Gasteiger charge is 2.19. The maximum absolute atomic E-state index is 12.3. The van der Waals surface area contributed by atoms with Crippen molar-refractivity contribution in [3.05, 3.63) is 29.3 Å². The molecule has 21 heavy (non-hydrogen) atoms. The summed E-state index contributed by atoms with van der Waals surface area (Å²) in [4.78, 5) is 14.3. The fourth-order valence-electron chi connectivity index (χ4n) is 2.04. The molecule has 0 radical (unpaired) electrons. The first-order chi connectivity index (χ1) is 9.90. The van der Waals surface area contributed by atoms with Gasteiger partial charge >= 0.3 is 12.0 Å². The van der Waals surface area contributed by atoms with Gasteiger partial charge in [-0.15, -0.1) is 0 Å². The topological polar surface area (TPSA) is 47.4 Å². The second kappa shape index (κ2) is 7.67. The van der Waals surface area contributed by atoms with Crippen molar-refractivity contribution in [2.75, 3.05) is 32.5 Å². The smallest absolute Gasteiger partial charge is 0.294 e. The van der Waals surface area contributed by atoms with Gasteiger partial charge in [0, 0.05) is 5.69 Å². The molecular formula is C16H27N4O+. The van der Waals surface area contributed by atoms with Gasteiger partial charge in [-0.2, -0.15) is 5.32 Å². The van der Waals surface area contributed by atoms with Crippen LogP contribution in [0.15, 0.2) is 18.2 Å². The molecule has 0 atom stereocenters.